The Bertz CT molecular complexity index is 922. The fourth-order valence-corrected chi connectivity index (χ4v) is 2.75. The average Bonchev–Trinajstić information content (AvgIpc) is 2.74. The van der Waals surface area contributed by atoms with Crippen LogP contribution in [0.25, 0.3) is 0 Å². The van der Waals surface area contributed by atoms with Crippen LogP contribution in [0, 0.1) is 0 Å². The van der Waals surface area contributed by atoms with Gasteiger partial charge in [0.2, 0.25) is 6.10 Å². The number of hydrogen-bond acceptors (Lipinski definition) is 4. The van der Waals surface area contributed by atoms with Gasteiger partial charge in [-0.25, -0.2) is 4.79 Å². The summed E-state index contributed by atoms with van der Waals surface area (Å²) in [5.74, 6) is -0.518. The number of carbonyl (C=O) groups is 2. The third-order valence-corrected chi connectivity index (χ3v) is 4.17. The molecule has 0 amide bonds. The maximum atomic E-state index is 11.7. The lowest BCUT2D eigenvalue weighted by molar-refractivity contribution is -0.145. The first-order chi connectivity index (χ1) is 13.7. The molecule has 0 bridgehead atoms. The summed E-state index contributed by atoms with van der Waals surface area (Å²) in [7, 11) is 0. The molecule has 5 heteroatoms. The van der Waals surface area contributed by atoms with E-state index in [0.29, 0.717) is 36.2 Å². The quantitative estimate of drug-likeness (QED) is 0.563. The second-order valence-corrected chi connectivity index (χ2v) is 6.15. The van der Waals surface area contributed by atoms with Gasteiger partial charge in [-0.1, -0.05) is 60.7 Å². The van der Waals surface area contributed by atoms with Gasteiger partial charge < -0.3 is 14.6 Å². The maximum absolute atomic E-state index is 11.7. The summed E-state index contributed by atoms with van der Waals surface area (Å²) >= 11 is 0. The number of rotatable bonds is 9. The molecule has 142 valence electrons. The van der Waals surface area contributed by atoms with Crippen LogP contribution < -0.4 is 9.47 Å². The molecule has 5 nitrogen and oxygen atoms in total. The summed E-state index contributed by atoms with van der Waals surface area (Å²) in [5, 5.41) is 9.59. The van der Waals surface area contributed by atoms with E-state index in [2.05, 4.69) is 0 Å². The van der Waals surface area contributed by atoms with Gasteiger partial charge in [-0.2, -0.15) is 0 Å². The smallest absolute Gasteiger partial charge is 0.349 e. The van der Waals surface area contributed by atoms with E-state index in [-0.39, 0.29) is 5.75 Å². The Morgan fingerprint density at radius 3 is 2.25 bits per heavy atom. The van der Waals surface area contributed by atoms with Crippen molar-refractivity contribution in [3.05, 3.63) is 95.6 Å². The van der Waals surface area contributed by atoms with E-state index < -0.39 is 12.1 Å². The molecule has 0 saturated carbocycles. The number of aliphatic carboxylic acids is 1. The molecule has 1 atom stereocenters. The van der Waals surface area contributed by atoms with Crippen LogP contribution in [-0.2, 0) is 11.2 Å². The highest BCUT2D eigenvalue weighted by molar-refractivity contribution is 5.77. The summed E-state index contributed by atoms with van der Waals surface area (Å²) in [6, 6.07) is 23.2. The molecule has 0 aliphatic carbocycles. The summed E-state index contributed by atoms with van der Waals surface area (Å²) in [6.07, 6.45) is 0.162. The van der Waals surface area contributed by atoms with Crippen molar-refractivity contribution in [3.8, 4) is 11.5 Å². The number of carbonyl (C=O) groups excluding carboxylic acids is 1. The van der Waals surface area contributed by atoms with Crippen LogP contribution in [0.3, 0.4) is 0 Å². The molecule has 0 spiro atoms. The monoisotopic (exact) mass is 376 g/mol. The second-order valence-electron chi connectivity index (χ2n) is 6.15. The number of aldehydes is 1. The Morgan fingerprint density at radius 1 is 0.929 bits per heavy atom. The van der Waals surface area contributed by atoms with Crippen LogP contribution in [0.1, 0.15) is 27.6 Å². The molecule has 1 N–H and O–H groups in total. The van der Waals surface area contributed by atoms with Crippen LogP contribution in [0.4, 0.5) is 0 Å². The van der Waals surface area contributed by atoms with Crippen molar-refractivity contribution in [2.75, 3.05) is 6.61 Å². The minimum atomic E-state index is -1.21. The molecule has 0 saturated heterocycles. The highest BCUT2D eigenvalue weighted by Crippen LogP contribution is 2.32. The Morgan fingerprint density at radius 2 is 1.61 bits per heavy atom. The van der Waals surface area contributed by atoms with E-state index in [1.807, 2.05) is 30.3 Å². The molecule has 1 unspecified atom stereocenters. The van der Waals surface area contributed by atoms with Gasteiger partial charge in [-0.15, -0.1) is 0 Å². The Kier molecular flexibility index (Phi) is 6.41. The summed E-state index contributed by atoms with van der Waals surface area (Å²) < 4.78 is 11.6. The van der Waals surface area contributed by atoms with Gasteiger partial charge in [0.25, 0.3) is 0 Å². The average molecular weight is 376 g/mol. The molecule has 3 rings (SSSR count). The van der Waals surface area contributed by atoms with Crippen molar-refractivity contribution in [1.82, 2.24) is 0 Å². The van der Waals surface area contributed by atoms with Gasteiger partial charge in [-0.05, 0) is 23.8 Å². The van der Waals surface area contributed by atoms with E-state index >= 15 is 0 Å². The van der Waals surface area contributed by atoms with Crippen LogP contribution in [-0.4, -0.2) is 24.0 Å². The van der Waals surface area contributed by atoms with Gasteiger partial charge in [0.1, 0.15) is 6.29 Å². The van der Waals surface area contributed by atoms with Gasteiger partial charge in [-0.3, -0.25) is 4.79 Å². The summed E-state index contributed by atoms with van der Waals surface area (Å²) in [6.45, 7) is 0.393. The zero-order valence-corrected chi connectivity index (χ0v) is 15.2. The predicted octanol–water partition coefficient (Wildman–Crippen LogP) is 4.33. The van der Waals surface area contributed by atoms with E-state index in [4.69, 9.17) is 9.47 Å². The lowest BCUT2D eigenvalue weighted by Crippen LogP contribution is -2.18. The van der Waals surface area contributed by atoms with Gasteiger partial charge >= 0.3 is 5.97 Å². The van der Waals surface area contributed by atoms with Crippen LogP contribution in [0.2, 0.25) is 0 Å². The molecule has 0 aromatic heterocycles. The lowest BCUT2D eigenvalue weighted by atomic mass is 10.1. The first-order valence-corrected chi connectivity index (χ1v) is 8.88. The number of hydrogen-bond donors (Lipinski definition) is 1. The topological polar surface area (TPSA) is 72.8 Å². The van der Waals surface area contributed by atoms with E-state index in [0.717, 1.165) is 5.56 Å². The van der Waals surface area contributed by atoms with Crippen molar-refractivity contribution in [1.29, 1.82) is 0 Å². The molecule has 3 aromatic carbocycles. The molecule has 0 radical (unpaired) electrons. The van der Waals surface area contributed by atoms with Crippen molar-refractivity contribution in [2.45, 2.75) is 12.5 Å². The second kappa shape index (κ2) is 9.37. The zero-order valence-electron chi connectivity index (χ0n) is 15.2. The molecular weight excluding hydrogens is 356 g/mol. The first-order valence-electron chi connectivity index (χ1n) is 8.88. The number of benzene rings is 3. The predicted molar refractivity (Wildman–Crippen MR) is 105 cm³/mol. The van der Waals surface area contributed by atoms with Gasteiger partial charge in [0, 0.05) is 17.5 Å². The van der Waals surface area contributed by atoms with Crippen molar-refractivity contribution in [2.24, 2.45) is 0 Å². The molecular formula is C23H20O5. The van der Waals surface area contributed by atoms with E-state index in [9.17, 15) is 14.7 Å². The largest absolute Gasteiger partial charge is 0.489 e. The molecule has 3 aromatic rings. The zero-order chi connectivity index (χ0) is 19.8. The molecule has 0 heterocycles. The highest BCUT2D eigenvalue weighted by Gasteiger charge is 2.23. The van der Waals surface area contributed by atoms with Crippen LogP contribution >= 0.6 is 0 Å². The van der Waals surface area contributed by atoms with E-state index in [1.54, 1.807) is 42.5 Å². The minimum absolute atomic E-state index is 0.217. The van der Waals surface area contributed by atoms with Crippen LogP contribution in [0.5, 0.6) is 11.5 Å². The van der Waals surface area contributed by atoms with Crippen molar-refractivity contribution in [3.63, 3.8) is 0 Å². The molecule has 28 heavy (non-hydrogen) atoms. The first kappa shape index (κ1) is 19.2. The van der Waals surface area contributed by atoms with Crippen molar-refractivity contribution < 1.29 is 24.2 Å². The minimum Gasteiger partial charge on any atom is -0.489 e. The van der Waals surface area contributed by atoms with E-state index in [1.165, 1.54) is 6.07 Å². The summed E-state index contributed by atoms with van der Waals surface area (Å²) in [5.41, 5.74) is 2.01. The molecule has 0 fully saturated rings. The standard InChI is InChI=1S/C23H20O5/c24-16-18-11-12-20(27-14-13-17-7-3-1-4-8-17)21(15-18)28-22(23(25)26)19-9-5-2-6-10-19/h1-12,15-16,22H,13-14H2,(H,25,26). The normalized spacial score (nSPS) is 11.4. The Hall–Kier alpha value is -3.60. The molecule has 0 aliphatic rings. The number of carboxylic acid groups (broad SMARTS) is 1. The number of carboxylic acids is 1. The number of ether oxygens (including phenoxy) is 2. The van der Waals surface area contributed by atoms with Crippen LogP contribution in [0.15, 0.2) is 78.9 Å². The third-order valence-electron chi connectivity index (χ3n) is 4.17. The lowest BCUT2D eigenvalue weighted by Gasteiger charge is -2.18. The maximum Gasteiger partial charge on any atom is 0.349 e. The fraction of sp³-hybridized carbons (Fsp3) is 0.130. The van der Waals surface area contributed by atoms with Gasteiger partial charge in [0.15, 0.2) is 11.5 Å². The van der Waals surface area contributed by atoms with Crippen molar-refractivity contribution >= 4 is 12.3 Å². The van der Waals surface area contributed by atoms with Gasteiger partial charge in [0.05, 0.1) is 6.61 Å². The SMILES string of the molecule is O=Cc1ccc(OCCc2ccccc2)c(OC(C(=O)O)c2ccccc2)c1. The molecule has 0 aliphatic heterocycles. The summed E-state index contributed by atoms with van der Waals surface area (Å²) in [4.78, 5) is 22.9. The fourth-order valence-electron chi connectivity index (χ4n) is 2.75. The Balaban J connectivity index is 1.79. The third kappa shape index (κ3) is 4.98. The highest BCUT2D eigenvalue weighted by atomic mass is 16.5. The Labute approximate surface area is 163 Å².